The maximum Gasteiger partial charge on any atom is 0.226 e. The van der Waals surface area contributed by atoms with E-state index in [-0.39, 0.29) is 11.4 Å². The summed E-state index contributed by atoms with van der Waals surface area (Å²) in [6.45, 7) is 0.628. The van der Waals surface area contributed by atoms with Gasteiger partial charge in [0, 0.05) is 12.0 Å². The molecule has 1 aromatic carbocycles. The van der Waals surface area contributed by atoms with E-state index in [0.29, 0.717) is 18.9 Å². The van der Waals surface area contributed by atoms with Crippen LogP contribution in [0.25, 0.3) is 11.4 Å². The van der Waals surface area contributed by atoms with Crippen molar-refractivity contribution in [2.24, 2.45) is 5.73 Å². The number of benzene rings is 1. The fourth-order valence-electron chi connectivity index (χ4n) is 1.76. The van der Waals surface area contributed by atoms with Gasteiger partial charge in [-0.25, -0.2) is 13.2 Å². The number of aryl methyl sites for hydroxylation is 1. The van der Waals surface area contributed by atoms with E-state index in [1.165, 1.54) is 0 Å². The second-order valence-corrected chi connectivity index (χ2v) is 4.36. The first-order chi connectivity index (χ1) is 9.61. The molecule has 20 heavy (non-hydrogen) atoms. The molecule has 0 saturated carbocycles. The molecule has 0 aliphatic heterocycles. The van der Waals surface area contributed by atoms with Crippen molar-refractivity contribution in [2.45, 2.75) is 25.7 Å². The Morgan fingerprint density at radius 1 is 1.05 bits per heavy atom. The summed E-state index contributed by atoms with van der Waals surface area (Å²) in [6.07, 6.45) is 3.26. The molecule has 0 saturated heterocycles. The van der Waals surface area contributed by atoms with Gasteiger partial charge in [0.2, 0.25) is 11.7 Å². The Morgan fingerprint density at radius 2 is 1.75 bits per heavy atom. The topological polar surface area (TPSA) is 64.9 Å². The van der Waals surface area contributed by atoms with E-state index >= 15 is 0 Å². The number of hydrogen-bond donors (Lipinski definition) is 1. The van der Waals surface area contributed by atoms with Crippen LogP contribution < -0.4 is 5.73 Å². The van der Waals surface area contributed by atoms with Gasteiger partial charge in [0.05, 0.1) is 0 Å². The third-order valence-electron chi connectivity index (χ3n) is 2.80. The molecule has 0 unspecified atom stereocenters. The lowest BCUT2D eigenvalue weighted by atomic mass is 10.2. The molecule has 0 aliphatic carbocycles. The van der Waals surface area contributed by atoms with Crippen LogP contribution in [0, 0.1) is 17.5 Å². The van der Waals surface area contributed by atoms with Gasteiger partial charge in [0.25, 0.3) is 0 Å². The average Bonchev–Trinajstić information content (AvgIpc) is 2.89. The Hall–Kier alpha value is -1.89. The van der Waals surface area contributed by atoms with Crippen LogP contribution in [0.15, 0.2) is 16.7 Å². The quantitative estimate of drug-likeness (QED) is 0.654. The molecule has 0 radical (unpaired) electrons. The van der Waals surface area contributed by atoms with E-state index in [1.54, 1.807) is 0 Å². The Labute approximate surface area is 113 Å². The molecule has 0 amide bonds. The molecule has 0 bridgehead atoms. The van der Waals surface area contributed by atoms with E-state index in [2.05, 4.69) is 10.1 Å². The van der Waals surface area contributed by atoms with Gasteiger partial charge in [-0.1, -0.05) is 11.6 Å². The number of nitrogens with two attached hydrogens (primary N) is 1. The van der Waals surface area contributed by atoms with Crippen LogP contribution in [-0.2, 0) is 6.42 Å². The van der Waals surface area contributed by atoms with Gasteiger partial charge < -0.3 is 10.3 Å². The Balaban J connectivity index is 2.08. The summed E-state index contributed by atoms with van der Waals surface area (Å²) in [4.78, 5) is 4.03. The number of unbranched alkanes of at least 4 members (excludes halogenated alkanes) is 2. The van der Waals surface area contributed by atoms with Gasteiger partial charge >= 0.3 is 0 Å². The minimum Gasteiger partial charge on any atom is -0.339 e. The standard InChI is InChI=1S/C13H14F3N3O/c14-9-6-8(7-10(15)12(9)16)13-18-11(20-19-13)4-2-1-3-5-17/h6-7H,1-5,17H2. The van der Waals surface area contributed by atoms with Crippen molar-refractivity contribution in [2.75, 3.05) is 6.54 Å². The van der Waals surface area contributed by atoms with Gasteiger partial charge in [-0.3, -0.25) is 0 Å². The van der Waals surface area contributed by atoms with E-state index < -0.39 is 17.5 Å². The minimum atomic E-state index is -1.51. The molecule has 4 nitrogen and oxygen atoms in total. The van der Waals surface area contributed by atoms with Crippen molar-refractivity contribution < 1.29 is 17.7 Å². The van der Waals surface area contributed by atoms with Crippen LogP contribution in [0.4, 0.5) is 13.2 Å². The Morgan fingerprint density at radius 3 is 2.40 bits per heavy atom. The fourth-order valence-corrected chi connectivity index (χ4v) is 1.76. The van der Waals surface area contributed by atoms with Gasteiger partial charge in [-0.05, 0) is 31.5 Å². The lowest BCUT2D eigenvalue weighted by Crippen LogP contribution is -1.98. The van der Waals surface area contributed by atoms with Crippen LogP contribution >= 0.6 is 0 Å². The molecular weight excluding hydrogens is 271 g/mol. The summed E-state index contributed by atoms with van der Waals surface area (Å²) in [5, 5.41) is 3.63. The number of nitrogens with zero attached hydrogens (tertiary/aromatic N) is 2. The van der Waals surface area contributed by atoms with Gasteiger partial charge in [0.1, 0.15) is 0 Å². The van der Waals surface area contributed by atoms with Gasteiger partial charge in [-0.2, -0.15) is 4.98 Å². The van der Waals surface area contributed by atoms with Crippen molar-refractivity contribution in [3.8, 4) is 11.4 Å². The predicted molar refractivity (Wildman–Crippen MR) is 66.2 cm³/mol. The summed E-state index contributed by atoms with van der Waals surface area (Å²) >= 11 is 0. The number of hydrogen-bond acceptors (Lipinski definition) is 4. The van der Waals surface area contributed by atoms with Crippen molar-refractivity contribution in [1.29, 1.82) is 0 Å². The summed E-state index contributed by atoms with van der Waals surface area (Å²) in [6, 6.07) is 1.67. The second-order valence-electron chi connectivity index (χ2n) is 4.36. The SMILES string of the molecule is NCCCCCc1nc(-c2cc(F)c(F)c(F)c2)no1. The van der Waals surface area contributed by atoms with E-state index in [4.69, 9.17) is 10.3 Å². The molecule has 0 atom stereocenters. The van der Waals surface area contributed by atoms with Gasteiger partial charge in [-0.15, -0.1) is 0 Å². The lowest BCUT2D eigenvalue weighted by molar-refractivity contribution is 0.374. The molecule has 0 spiro atoms. The first kappa shape index (κ1) is 14.5. The zero-order valence-corrected chi connectivity index (χ0v) is 10.7. The largest absolute Gasteiger partial charge is 0.339 e. The molecule has 0 aliphatic rings. The first-order valence-electron chi connectivity index (χ1n) is 6.29. The molecular formula is C13H14F3N3O. The number of rotatable bonds is 6. The van der Waals surface area contributed by atoms with Crippen molar-refractivity contribution in [3.63, 3.8) is 0 Å². The smallest absolute Gasteiger partial charge is 0.226 e. The van der Waals surface area contributed by atoms with Crippen molar-refractivity contribution >= 4 is 0 Å². The van der Waals surface area contributed by atoms with E-state index in [0.717, 1.165) is 31.4 Å². The molecule has 1 heterocycles. The zero-order valence-electron chi connectivity index (χ0n) is 10.7. The average molecular weight is 285 g/mol. The Kier molecular flexibility index (Phi) is 4.73. The van der Waals surface area contributed by atoms with E-state index in [1.807, 2.05) is 0 Å². The second kappa shape index (κ2) is 6.51. The summed E-state index contributed by atoms with van der Waals surface area (Å²) in [7, 11) is 0. The third-order valence-corrected chi connectivity index (χ3v) is 2.80. The zero-order chi connectivity index (χ0) is 14.5. The minimum absolute atomic E-state index is 0.0385. The highest BCUT2D eigenvalue weighted by atomic mass is 19.2. The maximum absolute atomic E-state index is 13.1. The third kappa shape index (κ3) is 3.36. The highest BCUT2D eigenvalue weighted by molar-refractivity contribution is 5.54. The first-order valence-corrected chi connectivity index (χ1v) is 6.29. The van der Waals surface area contributed by atoms with Crippen molar-refractivity contribution in [3.05, 3.63) is 35.5 Å². The van der Waals surface area contributed by atoms with Crippen LogP contribution in [0.5, 0.6) is 0 Å². The molecule has 2 N–H and O–H groups in total. The number of halogens is 3. The molecule has 1 aromatic heterocycles. The number of aromatic nitrogens is 2. The highest BCUT2D eigenvalue weighted by Crippen LogP contribution is 2.21. The molecule has 7 heteroatoms. The Bertz CT molecular complexity index is 563. The summed E-state index contributed by atoms with van der Waals surface area (Å²) in [5.74, 6) is -3.67. The highest BCUT2D eigenvalue weighted by Gasteiger charge is 2.15. The fraction of sp³-hybridized carbons (Fsp3) is 0.385. The van der Waals surface area contributed by atoms with Crippen molar-refractivity contribution in [1.82, 2.24) is 10.1 Å². The van der Waals surface area contributed by atoms with E-state index in [9.17, 15) is 13.2 Å². The molecule has 108 valence electrons. The normalized spacial score (nSPS) is 11.0. The maximum atomic E-state index is 13.1. The predicted octanol–water partition coefficient (Wildman–Crippen LogP) is 2.83. The van der Waals surface area contributed by atoms with Gasteiger partial charge in [0.15, 0.2) is 17.5 Å². The monoisotopic (exact) mass is 285 g/mol. The lowest BCUT2D eigenvalue weighted by Gasteiger charge is -1.98. The summed E-state index contributed by atoms with van der Waals surface area (Å²) < 4.78 is 44.0. The van der Waals surface area contributed by atoms with Crippen LogP contribution in [-0.4, -0.2) is 16.7 Å². The van der Waals surface area contributed by atoms with Crippen LogP contribution in [0.2, 0.25) is 0 Å². The summed E-state index contributed by atoms with van der Waals surface area (Å²) in [5.41, 5.74) is 5.42. The molecule has 2 rings (SSSR count). The molecule has 0 fully saturated rings. The van der Waals surface area contributed by atoms with Crippen LogP contribution in [0.3, 0.4) is 0 Å². The molecule has 2 aromatic rings. The van der Waals surface area contributed by atoms with Crippen LogP contribution in [0.1, 0.15) is 25.2 Å².